The molecule has 19 heavy (non-hydrogen) atoms. The molecular formula is C13H20N2O4. The van der Waals surface area contributed by atoms with Crippen LogP contribution in [0.5, 0.6) is 0 Å². The summed E-state index contributed by atoms with van der Waals surface area (Å²) in [6.07, 6.45) is 2.21. The van der Waals surface area contributed by atoms with Crippen LogP contribution in [0.2, 0.25) is 0 Å². The Bertz CT molecular complexity index is 416. The van der Waals surface area contributed by atoms with Crippen LogP contribution in [0.25, 0.3) is 0 Å². The zero-order valence-corrected chi connectivity index (χ0v) is 11.4. The molecule has 2 N–H and O–H groups in total. The monoisotopic (exact) mass is 268 g/mol. The number of hydrogen-bond acceptors (Lipinski definition) is 3. The molecule has 0 radical (unpaired) electrons. The van der Waals surface area contributed by atoms with Gasteiger partial charge in [-0.15, -0.1) is 0 Å². The van der Waals surface area contributed by atoms with Gasteiger partial charge in [0.15, 0.2) is 0 Å². The van der Waals surface area contributed by atoms with Crippen LogP contribution >= 0.6 is 0 Å². The van der Waals surface area contributed by atoms with Gasteiger partial charge in [0.25, 0.3) is 0 Å². The Hall–Kier alpha value is -1.98. The predicted octanol–water partition coefficient (Wildman–Crippen LogP) is 1.92. The average Bonchev–Trinajstić information content (AvgIpc) is 2.86. The van der Waals surface area contributed by atoms with Crippen LogP contribution in [0.1, 0.15) is 26.0 Å². The summed E-state index contributed by atoms with van der Waals surface area (Å²) in [5, 5.41) is 11.6. The Morgan fingerprint density at radius 1 is 1.53 bits per heavy atom. The molecule has 6 nitrogen and oxygen atoms in total. The number of carbonyl (C=O) groups is 2. The minimum absolute atomic E-state index is 0.126. The molecule has 0 aliphatic rings. The second-order valence-electron chi connectivity index (χ2n) is 4.59. The molecule has 2 amide bonds. The van der Waals surface area contributed by atoms with Gasteiger partial charge in [0.2, 0.25) is 0 Å². The molecule has 1 heterocycles. The van der Waals surface area contributed by atoms with E-state index in [4.69, 9.17) is 9.52 Å². The summed E-state index contributed by atoms with van der Waals surface area (Å²) in [4.78, 5) is 24.4. The van der Waals surface area contributed by atoms with Crippen molar-refractivity contribution in [2.75, 3.05) is 7.05 Å². The van der Waals surface area contributed by atoms with Gasteiger partial charge in [-0.2, -0.15) is 0 Å². The number of rotatable bonds is 6. The molecule has 1 aromatic rings. The van der Waals surface area contributed by atoms with Crippen LogP contribution < -0.4 is 5.32 Å². The molecular weight excluding hydrogens is 248 g/mol. The van der Waals surface area contributed by atoms with Crippen molar-refractivity contribution in [1.29, 1.82) is 0 Å². The van der Waals surface area contributed by atoms with Gasteiger partial charge in [-0.1, -0.05) is 20.3 Å². The van der Waals surface area contributed by atoms with Crippen molar-refractivity contribution in [2.45, 2.75) is 32.9 Å². The summed E-state index contributed by atoms with van der Waals surface area (Å²) in [5.41, 5.74) is 0. The Labute approximate surface area is 112 Å². The van der Waals surface area contributed by atoms with Crippen LogP contribution in [0, 0.1) is 5.92 Å². The van der Waals surface area contributed by atoms with Crippen LogP contribution in [0.15, 0.2) is 22.8 Å². The molecule has 0 aromatic carbocycles. The van der Waals surface area contributed by atoms with Gasteiger partial charge < -0.3 is 19.7 Å². The first-order valence-corrected chi connectivity index (χ1v) is 6.22. The van der Waals surface area contributed by atoms with Crippen molar-refractivity contribution in [2.24, 2.45) is 5.92 Å². The third kappa shape index (κ3) is 4.31. The topological polar surface area (TPSA) is 82.8 Å². The van der Waals surface area contributed by atoms with Crippen molar-refractivity contribution >= 4 is 12.0 Å². The average molecular weight is 268 g/mol. The van der Waals surface area contributed by atoms with Gasteiger partial charge >= 0.3 is 12.0 Å². The Morgan fingerprint density at radius 2 is 2.21 bits per heavy atom. The fourth-order valence-corrected chi connectivity index (χ4v) is 1.63. The van der Waals surface area contributed by atoms with Gasteiger partial charge in [0.05, 0.1) is 12.8 Å². The second-order valence-corrected chi connectivity index (χ2v) is 4.59. The van der Waals surface area contributed by atoms with E-state index in [0.29, 0.717) is 18.7 Å². The number of carboxylic acids is 1. The molecule has 106 valence electrons. The van der Waals surface area contributed by atoms with Gasteiger partial charge in [-0.3, -0.25) is 0 Å². The smallest absolute Gasteiger partial charge is 0.326 e. The molecule has 2 atom stereocenters. The maximum absolute atomic E-state index is 11.9. The predicted molar refractivity (Wildman–Crippen MR) is 69.6 cm³/mol. The summed E-state index contributed by atoms with van der Waals surface area (Å²) >= 11 is 0. The second kappa shape index (κ2) is 6.82. The van der Waals surface area contributed by atoms with E-state index in [1.807, 2.05) is 6.92 Å². The van der Waals surface area contributed by atoms with E-state index in [1.165, 1.54) is 11.2 Å². The number of nitrogens with zero attached hydrogens (tertiary/aromatic N) is 1. The summed E-state index contributed by atoms with van der Waals surface area (Å²) in [6.45, 7) is 3.98. The van der Waals surface area contributed by atoms with Crippen LogP contribution in [-0.4, -0.2) is 35.1 Å². The standard InChI is InChI=1S/C13H20N2O4/c1-4-9(2)11(12(16)17)14-13(18)15(3)8-10-6-5-7-19-10/h5-7,9,11H,4,8H2,1-3H3,(H,14,18)(H,16,17)/t9-,11-/m0/s1. The molecule has 1 aromatic heterocycles. The third-order valence-corrected chi connectivity index (χ3v) is 3.08. The molecule has 6 heteroatoms. The van der Waals surface area contributed by atoms with Gasteiger partial charge in [0, 0.05) is 7.05 Å². The number of nitrogens with one attached hydrogen (secondary N) is 1. The Morgan fingerprint density at radius 3 is 2.68 bits per heavy atom. The highest BCUT2D eigenvalue weighted by atomic mass is 16.4. The summed E-state index contributed by atoms with van der Waals surface area (Å²) in [5.74, 6) is -0.499. The minimum Gasteiger partial charge on any atom is -0.480 e. The first-order valence-electron chi connectivity index (χ1n) is 6.22. The van der Waals surface area contributed by atoms with Gasteiger partial charge in [-0.25, -0.2) is 9.59 Å². The maximum atomic E-state index is 11.9. The van der Waals surface area contributed by atoms with Gasteiger partial charge in [0.1, 0.15) is 11.8 Å². The summed E-state index contributed by atoms with van der Waals surface area (Å²) in [7, 11) is 1.59. The quantitative estimate of drug-likeness (QED) is 0.825. The lowest BCUT2D eigenvalue weighted by Crippen LogP contribution is -2.49. The number of aliphatic carboxylic acids is 1. The fraction of sp³-hybridized carbons (Fsp3) is 0.538. The lowest BCUT2D eigenvalue weighted by molar-refractivity contribution is -0.140. The number of amides is 2. The normalized spacial score (nSPS) is 13.6. The maximum Gasteiger partial charge on any atom is 0.326 e. The van der Waals surface area contributed by atoms with Crippen molar-refractivity contribution in [1.82, 2.24) is 10.2 Å². The largest absolute Gasteiger partial charge is 0.480 e. The molecule has 0 fully saturated rings. The van der Waals surface area contributed by atoms with E-state index >= 15 is 0 Å². The first-order chi connectivity index (χ1) is 8.95. The van der Waals surface area contributed by atoms with E-state index in [9.17, 15) is 9.59 Å². The Kier molecular flexibility index (Phi) is 5.41. The van der Waals surface area contributed by atoms with E-state index in [-0.39, 0.29) is 5.92 Å². The number of furan rings is 1. The number of urea groups is 1. The molecule has 0 unspecified atom stereocenters. The lowest BCUT2D eigenvalue weighted by atomic mass is 9.99. The van der Waals surface area contributed by atoms with Crippen LogP contribution in [-0.2, 0) is 11.3 Å². The van der Waals surface area contributed by atoms with Crippen molar-refractivity contribution in [3.05, 3.63) is 24.2 Å². The highest BCUT2D eigenvalue weighted by Gasteiger charge is 2.26. The minimum atomic E-state index is -1.02. The molecule has 0 aliphatic carbocycles. The number of hydrogen-bond donors (Lipinski definition) is 2. The highest BCUT2D eigenvalue weighted by Crippen LogP contribution is 2.09. The van der Waals surface area contributed by atoms with Crippen molar-refractivity contribution in [3.63, 3.8) is 0 Å². The summed E-state index contributed by atoms with van der Waals surface area (Å²) in [6, 6.07) is 2.19. The molecule has 1 rings (SSSR count). The SMILES string of the molecule is CC[C@H](C)[C@H](NC(=O)N(C)Cc1ccco1)C(=O)O. The zero-order chi connectivity index (χ0) is 14.4. The first kappa shape index (κ1) is 15.1. The molecule has 0 saturated carbocycles. The molecule has 0 saturated heterocycles. The van der Waals surface area contributed by atoms with Crippen molar-refractivity contribution < 1.29 is 19.1 Å². The number of carbonyl (C=O) groups excluding carboxylic acids is 1. The summed E-state index contributed by atoms with van der Waals surface area (Å²) < 4.78 is 5.14. The number of carboxylic acid groups (broad SMARTS) is 1. The van der Waals surface area contributed by atoms with Gasteiger partial charge in [-0.05, 0) is 18.1 Å². The molecule has 0 aliphatic heterocycles. The highest BCUT2D eigenvalue weighted by molar-refractivity contribution is 5.82. The molecule has 0 spiro atoms. The van der Waals surface area contributed by atoms with E-state index in [1.54, 1.807) is 26.1 Å². The van der Waals surface area contributed by atoms with Crippen molar-refractivity contribution in [3.8, 4) is 0 Å². The third-order valence-electron chi connectivity index (χ3n) is 3.08. The van der Waals surface area contributed by atoms with E-state index < -0.39 is 18.0 Å². The van der Waals surface area contributed by atoms with Crippen LogP contribution in [0.4, 0.5) is 4.79 Å². The van der Waals surface area contributed by atoms with E-state index in [0.717, 1.165) is 0 Å². The Balaban J connectivity index is 2.58. The van der Waals surface area contributed by atoms with Crippen LogP contribution in [0.3, 0.4) is 0 Å². The molecule has 0 bridgehead atoms. The zero-order valence-electron chi connectivity index (χ0n) is 11.4. The fourth-order valence-electron chi connectivity index (χ4n) is 1.63. The van der Waals surface area contributed by atoms with E-state index in [2.05, 4.69) is 5.32 Å². The lowest BCUT2D eigenvalue weighted by Gasteiger charge is -2.24.